The Kier molecular flexibility index (Phi) is 6.41. The highest BCUT2D eigenvalue weighted by Crippen LogP contribution is 2.42. The highest BCUT2D eigenvalue weighted by atomic mass is 16.7. The van der Waals surface area contributed by atoms with Crippen LogP contribution in [-0.2, 0) is 30.2 Å². The van der Waals surface area contributed by atoms with Gasteiger partial charge in [-0.2, -0.15) is 0 Å². The molecule has 9 heteroatoms. The number of nitrogens with zero attached hydrogens (tertiary/aromatic N) is 3. The van der Waals surface area contributed by atoms with Crippen LogP contribution in [0.1, 0.15) is 50.8 Å². The van der Waals surface area contributed by atoms with Gasteiger partial charge in [-0.25, -0.2) is 0 Å². The SMILES string of the molecule is CC(=O)O[C@@H]1[C@@H](N=[N+]=[N-])C[C@H](O[C@H]2C[C@](O)(C(C)=O)Cc3cc4ccccc4cc32)O[C@H]1C. The van der Waals surface area contributed by atoms with Crippen molar-refractivity contribution < 1.29 is 28.9 Å². The van der Waals surface area contributed by atoms with Gasteiger partial charge in [-0.05, 0) is 47.3 Å². The minimum atomic E-state index is -1.55. The molecule has 0 amide bonds. The van der Waals surface area contributed by atoms with Crippen LogP contribution in [0.5, 0.6) is 0 Å². The molecule has 1 heterocycles. The highest BCUT2D eigenvalue weighted by Gasteiger charge is 2.45. The van der Waals surface area contributed by atoms with E-state index >= 15 is 0 Å². The van der Waals surface area contributed by atoms with Crippen LogP contribution in [0.15, 0.2) is 41.5 Å². The average molecular weight is 453 g/mol. The molecule has 2 aromatic carbocycles. The quantitative estimate of drug-likeness (QED) is 0.316. The van der Waals surface area contributed by atoms with Crippen LogP contribution < -0.4 is 0 Å². The van der Waals surface area contributed by atoms with Gasteiger partial charge in [-0.1, -0.05) is 35.4 Å². The maximum Gasteiger partial charge on any atom is 0.303 e. The van der Waals surface area contributed by atoms with E-state index in [1.807, 2.05) is 36.4 Å². The van der Waals surface area contributed by atoms with E-state index in [1.165, 1.54) is 13.8 Å². The second kappa shape index (κ2) is 9.11. The van der Waals surface area contributed by atoms with Crippen molar-refractivity contribution in [3.8, 4) is 0 Å². The largest absolute Gasteiger partial charge is 0.459 e. The van der Waals surface area contributed by atoms with Crippen molar-refractivity contribution >= 4 is 22.5 Å². The summed E-state index contributed by atoms with van der Waals surface area (Å²) in [6, 6.07) is 11.2. The van der Waals surface area contributed by atoms with Crippen molar-refractivity contribution in [2.75, 3.05) is 0 Å². The summed E-state index contributed by atoms with van der Waals surface area (Å²) in [7, 11) is 0. The number of benzene rings is 2. The molecule has 0 spiro atoms. The summed E-state index contributed by atoms with van der Waals surface area (Å²) in [4.78, 5) is 26.7. The molecule has 33 heavy (non-hydrogen) atoms. The summed E-state index contributed by atoms with van der Waals surface area (Å²) in [6.07, 6.45) is -2.22. The van der Waals surface area contributed by atoms with Gasteiger partial charge in [-0.15, -0.1) is 0 Å². The highest BCUT2D eigenvalue weighted by molar-refractivity contribution is 5.88. The van der Waals surface area contributed by atoms with Crippen LogP contribution in [0.4, 0.5) is 0 Å². The lowest BCUT2D eigenvalue weighted by Gasteiger charge is -2.42. The summed E-state index contributed by atoms with van der Waals surface area (Å²) < 4.78 is 17.6. The number of azide groups is 1. The standard InChI is InChI=1S/C24H27N3O6/c1-13-23(32-15(3)29)20(26-27-25)10-22(31-13)33-21-12-24(30,14(2)28)11-18-8-16-6-4-5-7-17(16)9-19(18)21/h4-9,13,20-23,30H,10-12H2,1-3H3/t13-,20-,21-,22-,23-,24-/m0/s1. The number of carbonyl (C=O) groups is 2. The molecule has 0 saturated carbocycles. The Bertz CT molecular complexity index is 1130. The Morgan fingerprint density at radius 1 is 1.24 bits per heavy atom. The predicted octanol–water partition coefficient (Wildman–Crippen LogP) is 3.91. The Labute approximate surface area is 191 Å². The zero-order valence-corrected chi connectivity index (χ0v) is 18.8. The molecule has 4 rings (SSSR count). The van der Waals surface area contributed by atoms with Crippen LogP contribution in [0.25, 0.3) is 21.2 Å². The molecule has 0 unspecified atom stereocenters. The number of esters is 1. The number of fused-ring (bicyclic) bond motifs is 2. The third kappa shape index (κ3) is 4.72. The molecule has 9 nitrogen and oxygen atoms in total. The number of ether oxygens (including phenoxy) is 3. The first-order valence-electron chi connectivity index (χ1n) is 11.0. The molecule has 174 valence electrons. The number of aliphatic hydroxyl groups is 1. The summed E-state index contributed by atoms with van der Waals surface area (Å²) >= 11 is 0. The molecule has 1 fully saturated rings. The van der Waals surface area contributed by atoms with E-state index in [-0.39, 0.29) is 25.0 Å². The molecule has 1 saturated heterocycles. The van der Waals surface area contributed by atoms with Crippen LogP contribution in [0.3, 0.4) is 0 Å². The van der Waals surface area contributed by atoms with E-state index in [4.69, 9.17) is 19.7 Å². The first kappa shape index (κ1) is 23.2. The Hall–Kier alpha value is -2.97. The molecule has 0 bridgehead atoms. The predicted molar refractivity (Wildman–Crippen MR) is 119 cm³/mol. The minimum absolute atomic E-state index is 0.0848. The zero-order chi connectivity index (χ0) is 23.8. The van der Waals surface area contributed by atoms with E-state index in [1.54, 1.807) is 6.92 Å². The lowest BCUT2D eigenvalue weighted by Crippen LogP contribution is -2.50. The second-order valence-electron chi connectivity index (χ2n) is 8.84. The molecular formula is C24H27N3O6. The van der Waals surface area contributed by atoms with E-state index in [0.29, 0.717) is 0 Å². The maximum absolute atomic E-state index is 12.3. The molecule has 1 aliphatic heterocycles. The van der Waals surface area contributed by atoms with Gasteiger partial charge in [0.1, 0.15) is 11.7 Å². The van der Waals surface area contributed by atoms with Gasteiger partial charge in [0.25, 0.3) is 0 Å². The van der Waals surface area contributed by atoms with E-state index in [0.717, 1.165) is 21.9 Å². The van der Waals surface area contributed by atoms with Crippen LogP contribution in [-0.4, -0.2) is 47.0 Å². The van der Waals surface area contributed by atoms with Crippen LogP contribution in [0.2, 0.25) is 0 Å². The van der Waals surface area contributed by atoms with Crippen LogP contribution >= 0.6 is 0 Å². The lowest BCUT2D eigenvalue weighted by molar-refractivity contribution is -0.250. The normalized spacial score (nSPS) is 31.3. The molecule has 2 aliphatic rings. The maximum atomic E-state index is 12.3. The molecule has 0 aromatic heterocycles. The summed E-state index contributed by atoms with van der Waals surface area (Å²) in [5.74, 6) is -0.817. The molecule has 0 radical (unpaired) electrons. The number of ketones is 1. The van der Waals surface area contributed by atoms with Crippen LogP contribution in [0, 0.1) is 0 Å². The van der Waals surface area contributed by atoms with E-state index in [9.17, 15) is 14.7 Å². The lowest BCUT2D eigenvalue weighted by atomic mass is 9.76. The van der Waals surface area contributed by atoms with Gasteiger partial charge in [0.15, 0.2) is 12.1 Å². The Morgan fingerprint density at radius 3 is 2.58 bits per heavy atom. The van der Waals surface area contributed by atoms with Gasteiger partial charge in [-0.3, -0.25) is 9.59 Å². The molecule has 1 aliphatic carbocycles. The zero-order valence-electron chi connectivity index (χ0n) is 18.8. The number of Topliss-reactive ketones (excluding diaryl/α,β-unsaturated/α-hetero) is 1. The molecule has 6 atom stereocenters. The number of carbonyl (C=O) groups excluding carboxylic acids is 2. The number of rotatable bonds is 5. The Morgan fingerprint density at radius 2 is 1.94 bits per heavy atom. The Balaban J connectivity index is 1.65. The van der Waals surface area contributed by atoms with Gasteiger partial charge >= 0.3 is 5.97 Å². The fourth-order valence-corrected chi connectivity index (χ4v) is 4.78. The van der Waals surface area contributed by atoms with Gasteiger partial charge in [0, 0.05) is 31.1 Å². The minimum Gasteiger partial charge on any atom is -0.459 e. The fraction of sp³-hybridized carbons (Fsp3) is 0.500. The van der Waals surface area contributed by atoms with Crippen molar-refractivity contribution in [1.29, 1.82) is 0 Å². The topological polar surface area (TPSA) is 131 Å². The summed E-state index contributed by atoms with van der Waals surface area (Å²) in [5.41, 5.74) is 9.17. The van der Waals surface area contributed by atoms with Gasteiger partial charge in [0.2, 0.25) is 0 Å². The average Bonchev–Trinajstić information content (AvgIpc) is 2.75. The first-order valence-corrected chi connectivity index (χ1v) is 11.0. The molecule has 1 N–H and O–H groups in total. The smallest absolute Gasteiger partial charge is 0.303 e. The monoisotopic (exact) mass is 453 g/mol. The third-order valence-electron chi connectivity index (χ3n) is 6.48. The van der Waals surface area contributed by atoms with E-state index < -0.39 is 42.2 Å². The van der Waals surface area contributed by atoms with Crippen molar-refractivity contribution in [3.05, 3.63) is 58.0 Å². The second-order valence-corrected chi connectivity index (χ2v) is 8.84. The van der Waals surface area contributed by atoms with Crippen molar-refractivity contribution in [2.45, 2.75) is 76.3 Å². The third-order valence-corrected chi connectivity index (χ3v) is 6.48. The van der Waals surface area contributed by atoms with Crippen molar-refractivity contribution in [1.82, 2.24) is 0 Å². The van der Waals surface area contributed by atoms with Gasteiger partial charge < -0.3 is 19.3 Å². The first-order chi connectivity index (χ1) is 15.7. The van der Waals surface area contributed by atoms with Gasteiger partial charge in [0.05, 0.1) is 18.2 Å². The van der Waals surface area contributed by atoms with E-state index in [2.05, 4.69) is 10.0 Å². The van der Waals surface area contributed by atoms with Crippen molar-refractivity contribution in [3.63, 3.8) is 0 Å². The van der Waals surface area contributed by atoms with Crippen molar-refractivity contribution in [2.24, 2.45) is 5.11 Å². The number of hydrogen-bond acceptors (Lipinski definition) is 7. The number of hydrogen-bond donors (Lipinski definition) is 1. The molecular weight excluding hydrogens is 426 g/mol. The summed E-state index contributed by atoms with van der Waals surface area (Å²) in [5, 5.41) is 16.9. The fourth-order valence-electron chi connectivity index (χ4n) is 4.78. The summed E-state index contributed by atoms with van der Waals surface area (Å²) in [6.45, 7) is 4.38. The molecule has 2 aromatic rings.